The number of aryl methyl sites for hydroxylation is 1. The van der Waals surface area contributed by atoms with Gasteiger partial charge in [0.25, 0.3) is 5.91 Å². The van der Waals surface area contributed by atoms with Gasteiger partial charge in [-0.1, -0.05) is 60.7 Å². The SMILES string of the molecule is CC(CCc1ccccc1)NC(=O)c1ccc(CN2CCN(S(=O)(=O)c3ccccc3)CC2)cc1. The minimum atomic E-state index is -3.44. The summed E-state index contributed by atoms with van der Waals surface area (Å²) in [6.45, 7) is 5.05. The second kappa shape index (κ2) is 11.6. The van der Waals surface area contributed by atoms with E-state index >= 15 is 0 Å². The molecule has 1 aliphatic heterocycles. The Balaban J connectivity index is 1.24. The largest absolute Gasteiger partial charge is 0.350 e. The molecule has 4 rings (SSSR count). The zero-order valence-corrected chi connectivity index (χ0v) is 21.0. The number of amides is 1. The average Bonchev–Trinajstić information content (AvgIpc) is 2.89. The average molecular weight is 492 g/mol. The maximum atomic E-state index is 12.8. The highest BCUT2D eigenvalue weighted by atomic mass is 32.2. The van der Waals surface area contributed by atoms with E-state index in [1.807, 2.05) is 55.5 Å². The van der Waals surface area contributed by atoms with Crippen LogP contribution in [0.5, 0.6) is 0 Å². The van der Waals surface area contributed by atoms with E-state index in [9.17, 15) is 13.2 Å². The number of benzene rings is 3. The summed E-state index contributed by atoms with van der Waals surface area (Å²) < 4.78 is 27.2. The van der Waals surface area contributed by atoms with Gasteiger partial charge in [0.15, 0.2) is 0 Å². The van der Waals surface area contributed by atoms with Crippen LogP contribution in [0.25, 0.3) is 0 Å². The third-order valence-electron chi connectivity index (χ3n) is 6.42. The van der Waals surface area contributed by atoms with Gasteiger partial charge in [-0.25, -0.2) is 8.42 Å². The lowest BCUT2D eigenvalue weighted by Gasteiger charge is -2.34. The van der Waals surface area contributed by atoms with Crippen molar-refractivity contribution in [3.8, 4) is 0 Å². The van der Waals surface area contributed by atoms with Gasteiger partial charge >= 0.3 is 0 Å². The molecule has 1 heterocycles. The van der Waals surface area contributed by atoms with Crippen LogP contribution in [0, 0.1) is 0 Å². The van der Waals surface area contributed by atoms with Gasteiger partial charge in [0.1, 0.15) is 0 Å². The van der Waals surface area contributed by atoms with Crippen molar-refractivity contribution in [2.24, 2.45) is 0 Å². The predicted molar refractivity (Wildman–Crippen MR) is 139 cm³/mol. The molecule has 1 saturated heterocycles. The fraction of sp³-hybridized carbons (Fsp3) is 0.321. The number of carbonyl (C=O) groups excluding carboxylic acids is 1. The van der Waals surface area contributed by atoms with Crippen molar-refractivity contribution < 1.29 is 13.2 Å². The van der Waals surface area contributed by atoms with Crippen molar-refractivity contribution in [3.05, 3.63) is 102 Å². The molecule has 1 N–H and O–H groups in total. The molecule has 0 aromatic heterocycles. The summed E-state index contributed by atoms with van der Waals surface area (Å²) in [5.41, 5.74) is 3.04. The van der Waals surface area contributed by atoms with Gasteiger partial charge in [0.05, 0.1) is 4.90 Å². The summed E-state index contributed by atoms with van der Waals surface area (Å²) in [4.78, 5) is 15.2. The van der Waals surface area contributed by atoms with Crippen molar-refractivity contribution in [1.82, 2.24) is 14.5 Å². The molecule has 0 aliphatic carbocycles. The van der Waals surface area contributed by atoms with Crippen LogP contribution in [0.1, 0.15) is 34.8 Å². The third kappa shape index (κ3) is 6.78. The molecule has 0 radical (unpaired) electrons. The molecule has 3 aromatic carbocycles. The van der Waals surface area contributed by atoms with Gasteiger partial charge in [-0.2, -0.15) is 4.31 Å². The second-order valence-electron chi connectivity index (χ2n) is 9.09. The van der Waals surface area contributed by atoms with Crippen LogP contribution in [0.3, 0.4) is 0 Å². The fourth-order valence-corrected chi connectivity index (χ4v) is 5.74. The summed E-state index contributed by atoms with van der Waals surface area (Å²) in [5.74, 6) is -0.0585. The normalized spacial score (nSPS) is 16.0. The van der Waals surface area contributed by atoms with E-state index < -0.39 is 10.0 Å². The molecule has 0 saturated carbocycles. The van der Waals surface area contributed by atoms with Gasteiger partial charge in [-0.15, -0.1) is 0 Å². The first-order chi connectivity index (χ1) is 16.9. The topological polar surface area (TPSA) is 69.7 Å². The van der Waals surface area contributed by atoms with Crippen molar-refractivity contribution in [1.29, 1.82) is 0 Å². The third-order valence-corrected chi connectivity index (χ3v) is 8.33. The fourth-order valence-electron chi connectivity index (χ4n) is 4.30. The maximum Gasteiger partial charge on any atom is 0.251 e. The van der Waals surface area contributed by atoms with Crippen molar-refractivity contribution >= 4 is 15.9 Å². The smallest absolute Gasteiger partial charge is 0.251 e. The zero-order chi connectivity index (χ0) is 24.7. The predicted octanol–water partition coefficient (Wildman–Crippen LogP) is 3.94. The first-order valence-electron chi connectivity index (χ1n) is 12.1. The first kappa shape index (κ1) is 25.1. The molecule has 35 heavy (non-hydrogen) atoms. The van der Waals surface area contributed by atoms with E-state index in [1.54, 1.807) is 28.6 Å². The highest BCUT2D eigenvalue weighted by Gasteiger charge is 2.28. The quantitative estimate of drug-likeness (QED) is 0.492. The number of piperazine rings is 1. The van der Waals surface area contributed by atoms with Crippen LogP contribution < -0.4 is 5.32 Å². The zero-order valence-electron chi connectivity index (χ0n) is 20.1. The Hall–Kier alpha value is -3.00. The van der Waals surface area contributed by atoms with Crippen LogP contribution in [0.15, 0.2) is 89.8 Å². The molecule has 6 nitrogen and oxygen atoms in total. The van der Waals surface area contributed by atoms with Gasteiger partial charge in [0.2, 0.25) is 10.0 Å². The molecular weight excluding hydrogens is 458 g/mol. The number of hydrogen-bond donors (Lipinski definition) is 1. The minimum Gasteiger partial charge on any atom is -0.350 e. The van der Waals surface area contributed by atoms with E-state index in [4.69, 9.17) is 0 Å². The number of hydrogen-bond acceptors (Lipinski definition) is 4. The minimum absolute atomic E-state index is 0.0585. The van der Waals surface area contributed by atoms with Crippen LogP contribution in [-0.2, 0) is 23.0 Å². The highest BCUT2D eigenvalue weighted by Crippen LogP contribution is 2.18. The Bertz CT molecular complexity index is 1190. The summed E-state index contributed by atoms with van der Waals surface area (Å²) >= 11 is 0. The van der Waals surface area contributed by atoms with E-state index in [-0.39, 0.29) is 11.9 Å². The molecule has 1 fully saturated rings. The summed E-state index contributed by atoms with van der Waals surface area (Å²) in [6, 6.07) is 26.7. The van der Waals surface area contributed by atoms with Crippen molar-refractivity contribution in [3.63, 3.8) is 0 Å². The molecule has 1 aliphatic rings. The molecule has 184 valence electrons. The van der Waals surface area contributed by atoms with Gasteiger partial charge < -0.3 is 5.32 Å². The highest BCUT2D eigenvalue weighted by molar-refractivity contribution is 7.89. The summed E-state index contributed by atoms with van der Waals surface area (Å²) in [5, 5.41) is 3.09. The van der Waals surface area contributed by atoms with E-state index in [2.05, 4.69) is 22.3 Å². The Morgan fingerprint density at radius 1 is 0.829 bits per heavy atom. The van der Waals surface area contributed by atoms with Crippen LogP contribution in [-0.4, -0.2) is 55.8 Å². The van der Waals surface area contributed by atoms with Crippen molar-refractivity contribution in [2.75, 3.05) is 26.2 Å². The standard InChI is InChI=1S/C28H33N3O3S/c1-23(12-13-24-8-4-2-5-9-24)29-28(32)26-16-14-25(15-17-26)22-30-18-20-31(21-19-30)35(33,34)27-10-6-3-7-11-27/h2-11,14-17,23H,12-13,18-22H2,1H3,(H,29,32). The molecule has 7 heteroatoms. The lowest BCUT2D eigenvalue weighted by Crippen LogP contribution is -2.48. The van der Waals surface area contributed by atoms with Crippen LogP contribution in [0.2, 0.25) is 0 Å². The van der Waals surface area contributed by atoms with E-state index in [0.29, 0.717) is 36.6 Å². The van der Waals surface area contributed by atoms with Crippen LogP contribution in [0.4, 0.5) is 0 Å². The molecule has 0 bridgehead atoms. The molecule has 1 amide bonds. The summed E-state index contributed by atoms with van der Waals surface area (Å²) in [7, 11) is -3.44. The van der Waals surface area contributed by atoms with Gasteiger partial charge in [-0.05, 0) is 55.2 Å². The maximum absolute atomic E-state index is 12.8. The molecule has 1 atom stereocenters. The van der Waals surface area contributed by atoms with E-state index in [1.165, 1.54) is 5.56 Å². The number of carbonyl (C=O) groups is 1. The van der Waals surface area contributed by atoms with E-state index in [0.717, 1.165) is 24.9 Å². The molecule has 1 unspecified atom stereocenters. The Morgan fingerprint density at radius 2 is 1.43 bits per heavy atom. The Morgan fingerprint density at radius 3 is 2.06 bits per heavy atom. The number of nitrogens with zero attached hydrogens (tertiary/aromatic N) is 2. The number of rotatable bonds is 9. The van der Waals surface area contributed by atoms with Gasteiger partial charge in [0, 0.05) is 44.3 Å². The lowest BCUT2D eigenvalue weighted by molar-refractivity contribution is 0.0938. The summed E-state index contributed by atoms with van der Waals surface area (Å²) in [6.07, 6.45) is 1.82. The number of nitrogens with one attached hydrogen (secondary N) is 1. The first-order valence-corrected chi connectivity index (χ1v) is 13.6. The monoisotopic (exact) mass is 491 g/mol. The van der Waals surface area contributed by atoms with Crippen LogP contribution >= 0.6 is 0 Å². The molecule has 0 spiro atoms. The molecule has 3 aromatic rings. The second-order valence-corrected chi connectivity index (χ2v) is 11.0. The Labute approximate surface area is 208 Å². The Kier molecular flexibility index (Phi) is 8.33. The molecular formula is C28H33N3O3S. The lowest BCUT2D eigenvalue weighted by atomic mass is 10.1. The van der Waals surface area contributed by atoms with Crippen molar-refractivity contribution in [2.45, 2.75) is 37.2 Å². The van der Waals surface area contributed by atoms with Gasteiger partial charge in [-0.3, -0.25) is 9.69 Å². The number of sulfonamides is 1.